The predicted molar refractivity (Wildman–Crippen MR) is 78.1 cm³/mol. The number of aryl methyl sites for hydroxylation is 1. The minimum atomic E-state index is -0.310. The Labute approximate surface area is 122 Å². The molecule has 0 saturated carbocycles. The highest BCUT2D eigenvalue weighted by Gasteiger charge is 2.15. The van der Waals surface area contributed by atoms with Gasteiger partial charge in [-0.3, -0.25) is 0 Å². The first-order valence-electron chi connectivity index (χ1n) is 6.38. The summed E-state index contributed by atoms with van der Waals surface area (Å²) in [6, 6.07) is 9.38. The molecule has 106 valence electrons. The van der Waals surface area contributed by atoms with Gasteiger partial charge in [0, 0.05) is 11.1 Å². The maximum Gasteiger partial charge on any atom is 0.127 e. The average molecular weight is 296 g/mol. The minimum absolute atomic E-state index is 0.0488. The van der Waals surface area contributed by atoms with Crippen LogP contribution in [0.3, 0.4) is 0 Å². The molecule has 1 atom stereocenters. The molecule has 20 heavy (non-hydrogen) atoms. The number of nitrogens with one attached hydrogen (secondary N) is 1. The van der Waals surface area contributed by atoms with Crippen molar-refractivity contribution < 1.29 is 8.78 Å². The van der Waals surface area contributed by atoms with Crippen LogP contribution >= 0.6 is 11.6 Å². The van der Waals surface area contributed by atoms with Crippen molar-refractivity contribution in [1.29, 1.82) is 0 Å². The zero-order valence-corrected chi connectivity index (χ0v) is 12.1. The maximum absolute atomic E-state index is 13.5. The first-order chi connectivity index (χ1) is 9.51. The van der Waals surface area contributed by atoms with Crippen LogP contribution < -0.4 is 5.32 Å². The molecule has 0 aliphatic heterocycles. The fraction of sp³-hybridized carbons (Fsp3) is 0.250. The van der Waals surface area contributed by atoms with Gasteiger partial charge in [0.05, 0.1) is 0 Å². The van der Waals surface area contributed by atoms with Crippen molar-refractivity contribution in [2.45, 2.75) is 19.4 Å². The molecule has 1 unspecified atom stereocenters. The summed E-state index contributed by atoms with van der Waals surface area (Å²) in [4.78, 5) is 0. The van der Waals surface area contributed by atoms with Crippen LogP contribution in [0.25, 0.3) is 0 Å². The van der Waals surface area contributed by atoms with Crippen LogP contribution in [-0.2, 0) is 6.42 Å². The van der Waals surface area contributed by atoms with Gasteiger partial charge in [-0.25, -0.2) is 8.78 Å². The highest BCUT2D eigenvalue weighted by molar-refractivity contribution is 6.31. The molecule has 0 aliphatic carbocycles. The molecule has 4 heteroatoms. The van der Waals surface area contributed by atoms with E-state index in [9.17, 15) is 8.78 Å². The monoisotopic (exact) mass is 295 g/mol. The fourth-order valence-electron chi connectivity index (χ4n) is 2.17. The fourth-order valence-corrected chi connectivity index (χ4v) is 2.45. The lowest BCUT2D eigenvalue weighted by Crippen LogP contribution is -2.19. The van der Waals surface area contributed by atoms with E-state index in [0.717, 1.165) is 11.1 Å². The molecule has 0 aromatic heterocycles. The quantitative estimate of drug-likeness (QED) is 0.880. The molecule has 2 aromatic carbocycles. The first-order valence-corrected chi connectivity index (χ1v) is 6.76. The Morgan fingerprint density at radius 1 is 1.15 bits per heavy atom. The number of hydrogen-bond acceptors (Lipinski definition) is 1. The van der Waals surface area contributed by atoms with Gasteiger partial charge in [-0.2, -0.15) is 0 Å². The first kappa shape index (κ1) is 14.9. The van der Waals surface area contributed by atoms with E-state index in [1.165, 1.54) is 18.2 Å². The summed E-state index contributed by atoms with van der Waals surface area (Å²) in [6.07, 6.45) is 0.654. The van der Waals surface area contributed by atoms with Crippen molar-refractivity contribution >= 4 is 11.6 Å². The van der Waals surface area contributed by atoms with Gasteiger partial charge in [-0.15, -0.1) is 0 Å². The van der Waals surface area contributed by atoms with E-state index in [1.807, 2.05) is 7.05 Å². The van der Waals surface area contributed by atoms with E-state index in [-0.39, 0.29) is 17.7 Å². The van der Waals surface area contributed by atoms with Gasteiger partial charge < -0.3 is 5.32 Å². The molecule has 2 aromatic rings. The Kier molecular flexibility index (Phi) is 4.73. The van der Waals surface area contributed by atoms with Crippen LogP contribution in [-0.4, -0.2) is 7.05 Å². The molecule has 0 fully saturated rings. The SMILES string of the molecule is CNC(Cc1ccc(F)cc1)c1cc(C)c(F)cc1Cl. The van der Waals surface area contributed by atoms with Crippen LogP contribution in [0.15, 0.2) is 36.4 Å². The molecule has 0 heterocycles. The molecular weight excluding hydrogens is 280 g/mol. The van der Waals surface area contributed by atoms with Gasteiger partial charge in [-0.05, 0) is 55.3 Å². The summed E-state index contributed by atoms with van der Waals surface area (Å²) < 4.78 is 26.4. The Hall–Kier alpha value is -1.45. The van der Waals surface area contributed by atoms with E-state index >= 15 is 0 Å². The van der Waals surface area contributed by atoms with E-state index in [4.69, 9.17) is 11.6 Å². The molecule has 0 bridgehead atoms. The maximum atomic E-state index is 13.5. The van der Waals surface area contributed by atoms with Gasteiger partial charge in [0.15, 0.2) is 0 Å². The third-order valence-corrected chi connectivity index (χ3v) is 3.68. The number of rotatable bonds is 4. The zero-order chi connectivity index (χ0) is 14.7. The van der Waals surface area contributed by atoms with E-state index in [2.05, 4.69) is 5.32 Å². The normalized spacial score (nSPS) is 12.4. The molecule has 1 N–H and O–H groups in total. The number of likely N-dealkylation sites (N-methyl/N-ethyl adjacent to an activating group) is 1. The van der Waals surface area contributed by atoms with Crippen molar-refractivity contribution in [3.8, 4) is 0 Å². The Bertz CT molecular complexity index is 596. The molecule has 2 rings (SSSR count). The second kappa shape index (κ2) is 6.33. The smallest absolute Gasteiger partial charge is 0.127 e. The van der Waals surface area contributed by atoms with Crippen LogP contribution in [0, 0.1) is 18.6 Å². The summed E-state index contributed by atoms with van der Waals surface area (Å²) in [6.45, 7) is 1.71. The van der Waals surface area contributed by atoms with Gasteiger partial charge >= 0.3 is 0 Å². The van der Waals surface area contributed by atoms with E-state index in [0.29, 0.717) is 17.0 Å². The number of benzene rings is 2. The minimum Gasteiger partial charge on any atom is -0.313 e. The standard InChI is InChI=1S/C16H16ClF2N/c1-10-7-13(14(17)9-15(10)19)16(20-2)8-11-3-5-12(18)6-4-11/h3-7,9,16,20H,8H2,1-2H3. The highest BCUT2D eigenvalue weighted by atomic mass is 35.5. The average Bonchev–Trinajstić information content (AvgIpc) is 2.43. The summed E-state index contributed by atoms with van der Waals surface area (Å²) in [5.74, 6) is -0.569. The molecule has 0 radical (unpaired) electrons. The second-order valence-electron chi connectivity index (χ2n) is 4.79. The predicted octanol–water partition coefficient (Wildman–Crippen LogP) is 4.43. The highest BCUT2D eigenvalue weighted by Crippen LogP contribution is 2.28. The third-order valence-electron chi connectivity index (χ3n) is 3.35. The second-order valence-corrected chi connectivity index (χ2v) is 5.20. The van der Waals surface area contributed by atoms with Gasteiger partial charge in [0.25, 0.3) is 0 Å². The molecule has 0 saturated heterocycles. The molecule has 0 aliphatic rings. The molecule has 0 amide bonds. The van der Waals surface area contributed by atoms with E-state index < -0.39 is 0 Å². The lowest BCUT2D eigenvalue weighted by atomic mass is 9.97. The van der Waals surface area contributed by atoms with Crippen molar-refractivity contribution in [1.82, 2.24) is 5.32 Å². The van der Waals surface area contributed by atoms with Crippen molar-refractivity contribution in [2.75, 3.05) is 7.05 Å². The van der Waals surface area contributed by atoms with Crippen LogP contribution in [0.2, 0.25) is 5.02 Å². The van der Waals surface area contributed by atoms with Crippen molar-refractivity contribution in [3.63, 3.8) is 0 Å². The molecule has 0 spiro atoms. The van der Waals surface area contributed by atoms with Gasteiger partial charge in [-0.1, -0.05) is 29.8 Å². The number of halogens is 3. The third kappa shape index (κ3) is 3.35. The Morgan fingerprint density at radius 2 is 1.80 bits per heavy atom. The molecular formula is C16H16ClF2N. The van der Waals surface area contributed by atoms with Crippen molar-refractivity contribution in [2.24, 2.45) is 0 Å². The van der Waals surface area contributed by atoms with Crippen LogP contribution in [0.1, 0.15) is 22.7 Å². The number of hydrogen-bond donors (Lipinski definition) is 1. The summed E-state index contributed by atoms with van der Waals surface area (Å²) in [5.41, 5.74) is 2.39. The largest absolute Gasteiger partial charge is 0.313 e. The lowest BCUT2D eigenvalue weighted by Gasteiger charge is -2.19. The van der Waals surface area contributed by atoms with Gasteiger partial charge in [0.1, 0.15) is 11.6 Å². The zero-order valence-electron chi connectivity index (χ0n) is 11.4. The summed E-state index contributed by atoms with van der Waals surface area (Å²) >= 11 is 6.13. The lowest BCUT2D eigenvalue weighted by molar-refractivity contribution is 0.581. The Morgan fingerprint density at radius 3 is 2.40 bits per heavy atom. The van der Waals surface area contributed by atoms with Crippen molar-refractivity contribution in [3.05, 3.63) is 69.7 Å². The van der Waals surface area contributed by atoms with Gasteiger partial charge in [0.2, 0.25) is 0 Å². The molecule has 1 nitrogen and oxygen atoms in total. The summed E-state index contributed by atoms with van der Waals surface area (Å²) in [7, 11) is 1.82. The van der Waals surface area contributed by atoms with Crippen LogP contribution in [0.5, 0.6) is 0 Å². The van der Waals surface area contributed by atoms with E-state index in [1.54, 1.807) is 25.1 Å². The van der Waals surface area contributed by atoms with Crippen LogP contribution in [0.4, 0.5) is 8.78 Å². The topological polar surface area (TPSA) is 12.0 Å². The Balaban J connectivity index is 2.28. The summed E-state index contributed by atoms with van der Waals surface area (Å²) in [5, 5.41) is 3.57.